The predicted molar refractivity (Wildman–Crippen MR) is 117 cm³/mol. The number of carbonyl (C=O) groups excluding carboxylic acids is 4. The lowest BCUT2D eigenvalue weighted by Crippen LogP contribution is -2.50. The van der Waals surface area contributed by atoms with Gasteiger partial charge in [-0.3, -0.25) is 9.59 Å². The monoisotopic (exact) mass is 464 g/mol. The van der Waals surface area contributed by atoms with Crippen LogP contribution in [-0.2, 0) is 38.1 Å². The van der Waals surface area contributed by atoms with Crippen LogP contribution in [0, 0.1) is 5.92 Å². The Balaban J connectivity index is 2.40. The number of aliphatic hydroxyl groups is 1. The molecule has 1 saturated heterocycles. The molecule has 0 bridgehead atoms. The van der Waals surface area contributed by atoms with Crippen molar-refractivity contribution >= 4 is 23.9 Å². The molecular formula is C24H32O9. The lowest BCUT2D eigenvalue weighted by atomic mass is 9.85. The van der Waals surface area contributed by atoms with Crippen LogP contribution in [0.1, 0.15) is 54.4 Å². The third-order valence-corrected chi connectivity index (χ3v) is 5.91. The first-order chi connectivity index (χ1) is 15.2. The van der Waals surface area contributed by atoms with Gasteiger partial charge in [0.1, 0.15) is 24.4 Å². The van der Waals surface area contributed by atoms with E-state index in [1.54, 1.807) is 13.0 Å². The van der Waals surface area contributed by atoms with Crippen LogP contribution < -0.4 is 0 Å². The zero-order valence-corrected chi connectivity index (χ0v) is 19.9. The number of hydrogen-bond acceptors (Lipinski definition) is 9. The maximum atomic E-state index is 12.9. The van der Waals surface area contributed by atoms with Crippen LogP contribution in [0.4, 0.5) is 0 Å². The van der Waals surface area contributed by atoms with Crippen molar-refractivity contribution in [3.8, 4) is 0 Å². The van der Waals surface area contributed by atoms with Crippen LogP contribution in [0.25, 0.3) is 0 Å². The molecule has 1 aliphatic heterocycles. The minimum Gasteiger partial charge on any atom is -0.459 e. The lowest BCUT2D eigenvalue weighted by molar-refractivity contribution is -0.188. The molecule has 2 rings (SSSR count). The van der Waals surface area contributed by atoms with Crippen molar-refractivity contribution in [2.24, 2.45) is 5.92 Å². The molecule has 0 aromatic carbocycles. The molecule has 0 aromatic heterocycles. The second kappa shape index (κ2) is 10.3. The molecule has 0 radical (unpaired) electrons. The summed E-state index contributed by atoms with van der Waals surface area (Å²) >= 11 is 0. The summed E-state index contributed by atoms with van der Waals surface area (Å²) < 4.78 is 21.5. The second-order valence-electron chi connectivity index (χ2n) is 8.76. The minimum atomic E-state index is -2.12. The van der Waals surface area contributed by atoms with Crippen molar-refractivity contribution in [2.45, 2.75) is 84.4 Å². The molecule has 0 unspecified atom stereocenters. The molecule has 1 heterocycles. The smallest absolute Gasteiger partial charge is 0.342 e. The largest absolute Gasteiger partial charge is 0.459 e. The highest BCUT2D eigenvalue weighted by atomic mass is 16.6. The number of ether oxygens (including phenoxy) is 4. The average molecular weight is 465 g/mol. The van der Waals surface area contributed by atoms with Gasteiger partial charge in [-0.15, -0.1) is 0 Å². The lowest BCUT2D eigenvalue weighted by Gasteiger charge is -2.33. The van der Waals surface area contributed by atoms with Crippen molar-refractivity contribution in [3.63, 3.8) is 0 Å². The molecule has 0 saturated carbocycles. The maximum Gasteiger partial charge on any atom is 0.342 e. The summed E-state index contributed by atoms with van der Waals surface area (Å²) in [5, 5.41) is 10.7. The molecule has 33 heavy (non-hydrogen) atoms. The van der Waals surface area contributed by atoms with E-state index in [9.17, 15) is 24.3 Å². The van der Waals surface area contributed by atoms with Crippen molar-refractivity contribution in [3.05, 3.63) is 35.5 Å². The van der Waals surface area contributed by atoms with Gasteiger partial charge < -0.3 is 24.1 Å². The van der Waals surface area contributed by atoms with E-state index >= 15 is 0 Å². The molecule has 0 spiro atoms. The summed E-state index contributed by atoms with van der Waals surface area (Å²) in [6.07, 6.45) is 0.768. The summed E-state index contributed by atoms with van der Waals surface area (Å²) in [6, 6.07) is 0. The van der Waals surface area contributed by atoms with Gasteiger partial charge in [0.25, 0.3) is 0 Å². The summed E-state index contributed by atoms with van der Waals surface area (Å²) in [5.41, 5.74) is -0.496. The van der Waals surface area contributed by atoms with Crippen LogP contribution in [-0.4, -0.2) is 59.0 Å². The van der Waals surface area contributed by atoms with E-state index in [2.05, 4.69) is 6.58 Å². The van der Waals surface area contributed by atoms with Gasteiger partial charge in [-0.1, -0.05) is 18.2 Å². The molecule has 0 amide bonds. The molecule has 1 aliphatic carbocycles. The first-order valence-electron chi connectivity index (χ1n) is 10.8. The normalized spacial score (nSPS) is 31.4. The minimum absolute atomic E-state index is 0.131. The Hall–Kier alpha value is -2.94. The number of hydrogen-bond donors (Lipinski definition) is 1. The van der Waals surface area contributed by atoms with Gasteiger partial charge in [-0.2, -0.15) is 0 Å². The molecule has 0 aromatic rings. The van der Waals surface area contributed by atoms with E-state index in [1.807, 2.05) is 13.0 Å². The Morgan fingerprint density at radius 3 is 2.42 bits per heavy atom. The van der Waals surface area contributed by atoms with Gasteiger partial charge in [0, 0.05) is 32.3 Å². The Kier molecular flexibility index (Phi) is 8.24. The third kappa shape index (κ3) is 6.31. The number of fused-ring (bicyclic) bond motifs is 1. The summed E-state index contributed by atoms with van der Waals surface area (Å²) in [4.78, 5) is 48.1. The Morgan fingerprint density at radius 2 is 1.85 bits per heavy atom. The highest BCUT2D eigenvalue weighted by molar-refractivity contribution is 5.91. The Bertz CT molecular complexity index is 896. The van der Waals surface area contributed by atoms with Crippen molar-refractivity contribution in [2.75, 3.05) is 0 Å². The number of rotatable bonds is 5. The van der Waals surface area contributed by atoms with E-state index in [4.69, 9.17) is 18.9 Å². The second-order valence-corrected chi connectivity index (χ2v) is 8.76. The third-order valence-electron chi connectivity index (χ3n) is 5.91. The van der Waals surface area contributed by atoms with E-state index in [0.29, 0.717) is 12.0 Å². The van der Waals surface area contributed by atoms with Crippen LogP contribution in [0.5, 0.6) is 0 Å². The molecule has 9 nitrogen and oxygen atoms in total. The fraction of sp³-hybridized carbons (Fsp3) is 0.583. The Labute approximate surface area is 193 Å². The van der Waals surface area contributed by atoms with Crippen LogP contribution in [0.3, 0.4) is 0 Å². The predicted octanol–water partition coefficient (Wildman–Crippen LogP) is 2.32. The summed E-state index contributed by atoms with van der Waals surface area (Å²) in [6.45, 7) is 12.5. The van der Waals surface area contributed by atoms with Crippen LogP contribution in [0.2, 0.25) is 0 Å². The molecule has 9 heteroatoms. The SMILES string of the molecule is C=C1C(=O)O[C@@H]2/C=C(\C)[C@H](OC(C)=O)C/C=C(/C)C[C@H](OC(=O)[C@@](C)(O)[C@@H](C)OC(C)=O)[C@H]12. The molecule has 2 aliphatic rings. The quantitative estimate of drug-likeness (QED) is 0.282. The maximum absolute atomic E-state index is 12.9. The first kappa shape index (κ1) is 26.3. The van der Waals surface area contributed by atoms with E-state index in [-0.39, 0.29) is 12.0 Å². The number of esters is 4. The van der Waals surface area contributed by atoms with E-state index in [0.717, 1.165) is 5.57 Å². The molecule has 1 N–H and O–H groups in total. The van der Waals surface area contributed by atoms with Gasteiger partial charge in [-0.25, -0.2) is 9.59 Å². The highest BCUT2D eigenvalue weighted by Crippen LogP contribution is 2.37. The molecule has 1 fully saturated rings. The van der Waals surface area contributed by atoms with Crippen LogP contribution >= 0.6 is 0 Å². The fourth-order valence-corrected chi connectivity index (χ4v) is 3.81. The van der Waals surface area contributed by atoms with Crippen LogP contribution in [0.15, 0.2) is 35.5 Å². The average Bonchev–Trinajstić information content (AvgIpc) is 2.96. The van der Waals surface area contributed by atoms with Gasteiger partial charge in [0.2, 0.25) is 0 Å². The van der Waals surface area contributed by atoms with Crippen molar-refractivity contribution in [1.29, 1.82) is 0 Å². The van der Waals surface area contributed by atoms with Gasteiger partial charge in [-0.05, 0) is 39.3 Å². The highest BCUT2D eigenvalue weighted by Gasteiger charge is 2.48. The van der Waals surface area contributed by atoms with Crippen molar-refractivity contribution in [1.82, 2.24) is 0 Å². The fourth-order valence-electron chi connectivity index (χ4n) is 3.81. The molecule has 182 valence electrons. The summed E-state index contributed by atoms with van der Waals surface area (Å²) in [5.74, 6) is -3.44. The topological polar surface area (TPSA) is 125 Å². The van der Waals surface area contributed by atoms with Gasteiger partial charge in [0.15, 0.2) is 5.60 Å². The zero-order valence-electron chi connectivity index (χ0n) is 19.9. The van der Waals surface area contributed by atoms with Gasteiger partial charge >= 0.3 is 23.9 Å². The zero-order chi connectivity index (χ0) is 25.1. The van der Waals surface area contributed by atoms with E-state index in [1.165, 1.54) is 27.7 Å². The molecular weight excluding hydrogens is 432 g/mol. The standard InChI is InChI=1S/C24H32O9/c1-12-8-9-18(31-17(6)26)13(2)11-20-21(14(3)22(27)32-20)19(10-12)33-23(28)24(7,29)15(4)30-16(5)25/h8,11,15,18-21,29H,3,9-10H2,1-2,4-7H3/b12-8-,13-11+/t15-,18-,19+,20-,21+,24+/m1/s1. The molecule has 6 atom stereocenters. The van der Waals surface area contributed by atoms with Gasteiger partial charge in [0.05, 0.1) is 5.92 Å². The Morgan fingerprint density at radius 1 is 1.21 bits per heavy atom. The van der Waals surface area contributed by atoms with Crippen molar-refractivity contribution < 1.29 is 43.2 Å². The number of carbonyl (C=O) groups is 4. The summed E-state index contributed by atoms with van der Waals surface area (Å²) in [7, 11) is 0. The first-order valence-corrected chi connectivity index (χ1v) is 10.8. The van der Waals surface area contributed by atoms with E-state index < -0.39 is 59.8 Å².